The van der Waals surface area contributed by atoms with Gasteiger partial charge in [-0.05, 0) is 36.1 Å². The lowest BCUT2D eigenvalue weighted by atomic mass is 10.2. The van der Waals surface area contributed by atoms with E-state index in [1.54, 1.807) is 30.5 Å². The van der Waals surface area contributed by atoms with E-state index in [4.69, 9.17) is 5.73 Å². The van der Waals surface area contributed by atoms with Crippen LogP contribution < -0.4 is 16.4 Å². The molecule has 0 unspecified atom stereocenters. The molecular formula is C15H16N4O2S. The fourth-order valence-corrected chi connectivity index (χ4v) is 2.40. The van der Waals surface area contributed by atoms with E-state index in [1.165, 1.54) is 11.8 Å². The second-order valence-corrected chi connectivity index (χ2v) is 5.22. The third-order valence-electron chi connectivity index (χ3n) is 2.88. The Morgan fingerprint density at radius 3 is 2.59 bits per heavy atom. The molecule has 0 aliphatic heterocycles. The molecule has 0 fully saturated rings. The molecule has 0 aliphatic rings. The number of nitrogens with zero attached hydrogens (tertiary/aromatic N) is 1. The van der Waals surface area contributed by atoms with Gasteiger partial charge in [-0.3, -0.25) is 4.79 Å². The number of hydrogen-bond acceptors (Lipinski definition) is 4. The number of pyridine rings is 1. The van der Waals surface area contributed by atoms with Gasteiger partial charge >= 0.3 is 6.03 Å². The van der Waals surface area contributed by atoms with E-state index in [0.29, 0.717) is 22.8 Å². The van der Waals surface area contributed by atoms with E-state index in [-0.39, 0.29) is 5.91 Å². The van der Waals surface area contributed by atoms with Crippen molar-refractivity contribution in [3.05, 3.63) is 53.7 Å². The zero-order valence-corrected chi connectivity index (χ0v) is 12.8. The van der Waals surface area contributed by atoms with Gasteiger partial charge in [0.25, 0.3) is 5.91 Å². The van der Waals surface area contributed by atoms with Gasteiger partial charge in [-0.15, -0.1) is 11.8 Å². The summed E-state index contributed by atoms with van der Waals surface area (Å²) >= 11 is 1.43. The molecule has 2 rings (SSSR count). The van der Waals surface area contributed by atoms with Crippen LogP contribution in [0.1, 0.15) is 15.9 Å². The van der Waals surface area contributed by atoms with Crippen LogP contribution in [-0.2, 0) is 6.54 Å². The highest BCUT2D eigenvalue weighted by molar-refractivity contribution is 7.98. The zero-order chi connectivity index (χ0) is 15.9. The van der Waals surface area contributed by atoms with Crippen LogP contribution in [0.25, 0.3) is 0 Å². The largest absolute Gasteiger partial charge is 0.351 e. The van der Waals surface area contributed by atoms with Crippen LogP contribution >= 0.6 is 11.8 Å². The summed E-state index contributed by atoms with van der Waals surface area (Å²) in [5, 5.41) is 6.02. The minimum absolute atomic E-state index is 0.170. The van der Waals surface area contributed by atoms with Crippen LogP contribution in [-0.4, -0.2) is 23.2 Å². The molecule has 2 aromatic rings. The number of amides is 3. The summed E-state index contributed by atoms with van der Waals surface area (Å²) in [6, 6.07) is 9.94. The van der Waals surface area contributed by atoms with Gasteiger partial charge in [-0.1, -0.05) is 12.1 Å². The summed E-state index contributed by atoms with van der Waals surface area (Å²) in [6.45, 7) is 0.387. The number of nitrogens with two attached hydrogens (primary N) is 1. The van der Waals surface area contributed by atoms with Crippen molar-refractivity contribution in [2.45, 2.75) is 11.6 Å². The highest BCUT2D eigenvalue weighted by Crippen LogP contribution is 2.16. The molecule has 0 radical (unpaired) electrons. The maximum Gasteiger partial charge on any atom is 0.316 e. The van der Waals surface area contributed by atoms with Crippen molar-refractivity contribution < 1.29 is 9.59 Å². The molecule has 0 bridgehead atoms. The molecule has 6 nitrogen and oxygen atoms in total. The molecule has 4 N–H and O–H groups in total. The number of primary amides is 1. The Labute approximate surface area is 132 Å². The van der Waals surface area contributed by atoms with E-state index in [1.807, 2.05) is 18.4 Å². The molecule has 1 aromatic carbocycles. The molecule has 0 saturated heterocycles. The smallest absolute Gasteiger partial charge is 0.316 e. The van der Waals surface area contributed by atoms with Gasteiger partial charge in [0.1, 0.15) is 5.03 Å². The number of carbonyl (C=O) groups is 2. The van der Waals surface area contributed by atoms with Crippen LogP contribution in [0, 0.1) is 0 Å². The van der Waals surface area contributed by atoms with Crippen molar-refractivity contribution in [2.75, 3.05) is 11.6 Å². The third kappa shape index (κ3) is 4.23. The lowest BCUT2D eigenvalue weighted by Crippen LogP contribution is -2.23. The molecule has 0 atom stereocenters. The number of rotatable bonds is 5. The number of nitrogens with one attached hydrogen (secondary N) is 2. The van der Waals surface area contributed by atoms with Gasteiger partial charge in [0.15, 0.2) is 0 Å². The molecule has 0 aliphatic carbocycles. The summed E-state index contributed by atoms with van der Waals surface area (Å²) in [7, 11) is 0. The molecule has 7 heteroatoms. The maximum absolute atomic E-state index is 12.2. The number of urea groups is 1. The first-order valence-electron chi connectivity index (χ1n) is 6.52. The average Bonchev–Trinajstić information content (AvgIpc) is 2.53. The number of aromatic nitrogens is 1. The Morgan fingerprint density at radius 2 is 1.95 bits per heavy atom. The highest BCUT2D eigenvalue weighted by Gasteiger charge is 2.10. The molecule has 3 amide bonds. The van der Waals surface area contributed by atoms with E-state index >= 15 is 0 Å². The fourth-order valence-electron chi connectivity index (χ4n) is 1.85. The maximum atomic E-state index is 12.2. The molecular weight excluding hydrogens is 300 g/mol. The van der Waals surface area contributed by atoms with Crippen molar-refractivity contribution in [1.29, 1.82) is 0 Å². The van der Waals surface area contributed by atoms with Gasteiger partial charge < -0.3 is 16.4 Å². The normalized spacial score (nSPS) is 10.0. The first-order valence-corrected chi connectivity index (χ1v) is 7.75. The minimum atomic E-state index is -0.609. The first kappa shape index (κ1) is 15.8. The number of thioether (sulfide) groups is 1. The first-order chi connectivity index (χ1) is 10.6. The highest BCUT2D eigenvalue weighted by atomic mass is 32.2. The average molecular weight is 316 g/mol. The summed E-state index contributed by atoms with van der Waals surface area (Å²) in [4.78, 5) is 27.1. The Balaban J connectivity index is 1.97. The fraction of sp³-hybridized carbons (Fsp3) is 0.133. The van der Waals surface area contributed by atoms with Crippen LogP contribution in [0.4, 0.5) is 10.5 Å². The summed E-state index contributed by atoms with van der Waals surface area (Å²) in [5.41, 5.74) is 7.12. The summed E-state index contributed by atoms with van der Waals surface area (Å²) < 4.78 is 0. The molecule has 1 aromatic heterocycles. The van der Waals surface area contributed by atoms with Crippen molar-refractivity contribution in [1.82, 2.24) is 10.3 Å². The van der Waals surface area contributed by atoms with Crippen LogP contribution in [0.3, 0.4) is 0 Å². The molecule has 114 valence electrons. The van der Waals surface area contributed by atoms with Crippen LogP contribution in [0.5, 0.6) is 0 Å². The predicted molar refractivity (Wildman–Crippen MR) is 86.8 cm³/mol. The lowest BCUT2D eigenvalue weighted by molar-refractivity contribution is 0.0947. The monoisotopic (exact) mass is 316 g/mol. The minimum Gasteiger partial charge on any atom is -0.351 e. The van der Waals surface area contributed by atoms with Crippen molar-refractivity contribution in [2.24, 2.45) is 5.73 Å². The summed E-state index contributed by atoms with van der Waals surface area (Å²) in [5.74, 6) is -0.170. The standard InChI is InChI=1S/C15H16N4O2S/c1-22-14-12(3-2-8-17-14)13(20)18-9-10-4-6-11(7-5-10)19-15(16)21/h2-8H,9H2,1H3,(H,18,20)(H3,16,19,21). The Morgan fingerprint density at radius 1 is 1.23 bits per heavy atom. The second kappa shape index (κ2) is 7.46. The molecule has 22 heavy (non-hydrogen) atoms. The van der Waals surface area contributed by atoms with Crippen LogP contribution in [0.2, 0.25) is 0 Å². The van der Waals surface area contributed by atoms with Gasteiger partial charge in [-0.25, -0.2) is 9.78 Å². The predicted octanol–water partition coefficient (Wildman–Crippen LogP) is 2.22. The molecule has 0 spiro atoms. The quantitative estimate of drug-likeness (QED) is 0.737. The molecule has 1 heterocycles. The Bertz CT molecular complexity index is 673. The second-order valence-electron chi connectivity index (χ2n) is 4.43. The van der Waals surface area contributed by atoms with E-state index < -0.39 is 6.03 Å². The van der Waals surface area contributed by atoms with Gasteiger partial charge in [-0.2, -0.15) is 0 Å². The van der Waals surface area contributed by atoms with Gasteiger partial charge in [0, 0.05) is 18.4 Å². The number of anilines is 1. The number of hydrogen-bond donors (Lipinski definition) is 3. The SMILES string of the molecule is CSc1ncccc1C(=O)NCc1ccc(NC(N)=O)cc1. The number of carbonyl (C=O) groups excluding carboxylic acids is 2. The summed E-state index contributed by atoms with van der Waals surface area (Å²) in [6.07, 6.45) is 3.54. The van der Waals surface area contributed by atoms with Crippen molar-refractivity contribution in [3.8, 4) is 0 Å². The number of benzene rings is 1. The van der Waals surface area contributed by atoms with Crippen LogP contribution in [0.15, 0.2) is 47.6 Å². The van der Waals surface area contributed by atoms with Crippen molar-refractivity contribution in [3.63, 3.8) is 0 Å². The van der Waals surface area contributed by atoms with E-state index in [9.17, 15) is 9.59 Å². The topological polar surface area (TPSA) is 97.1 Å². The van der Waals surface area contributed by atoms with Gasteiger partial charge in [0.05, 0.1) is 5.56 Å². The van der Waals surface area contributed by atoms with Gasteiger partial charge in [0.2, 0.25) is 0 Å². The molecule has 0 saturated carbocycles. The van der Waals surface area contributed by atoms with E-state index in [2.05, 4.69) is 15.6 Å². The lowest BCUT2D eigenvalue weighted by Gasteiger charge is -2.08. The third-order valence-corrected chi connectivity index (χ3v) is 3.60. The van der Waals surface area contributed by atoms with E-state index in [0.717, 1.165) is 5.56 Å². The Kier molecular flexibility index (Phi) is 5.37. The Hall–Kier alpha value is -2.54. The zero-order valence-electron chi connectivity index (χ0n) is 12.0. The van der Waals surface area contributed by atoms with Crippen molar-refractivity contribution >= 4 is 29.4 Å².